The standard InChI is InChI=1S/C18H29NO3/c1-11(19-15(20)12-6-5-7-12)16(21)22-14-10-13-8-9-18(14,4)17(13,2)3/h11-14H,5-10H2,1-4H3,(H,19,20). The Morgan fingerprint density at radius 2 is 1.86 bits per heavy atom. The van der Waals surface area contributed by atoms with E-state index in [1.165, 1.54) is 6.42 Å². The molecule has 0 aromatic heterocycles. The van der Waals surface area contributed by atoms with Crippen molar-refractivity contribution >= 4 is 11.9 Å². The van der Waals surface area contributed by atoms with E-state index in [0.717, 1.165) is 32.1 Å². The second kappa shape index (κ2) is 5.24. The van der Waals surface area contributed by atoms with Gasteiger partial charge in [0.15, 0.2) is 0 Å². The molecule has 4 nitrogen and oxygen atoms in total. The smallest absolute Gasteiger partial charge is 0.328 e. The van der Waals surface area contributed by atoms with Crippen LogP contribution in [0.15, 0.2) is 0 Å². The minimum atomic E-state index is -0.543. The van der Waals surface area contributed by atoms with Crippen LogP contribution in [0.5, 0.6) is 0 Å². The van der Waals surface area contributed by atoms with Crippen LogP contribution in [0, 0.1) is 22.7 Å². The number of fused-ring (bicyclic) bond motifs is 2. The maximum absolute atomic E-state index is 12.4. The van der Waals surface area contributed by atoms with E-state index in [9.17, 15) is 9.59 Å². The normalized spacial score (nSPS) is 37.5. The SMILES string of the molecule is CC(NC(=O)C1CCC1)C(=O)OC1CC2CCC1(C)C2(C)C. The molecule has 0 heterocycles. The molecule has 0 spiro atoms. The summed E-state index contributed by atoms with van der Waals surface area (Å²) >= 11 is 0. The Bertz CT molecular complexity index is 483. The molecule has 22 heavy (non-hydrogen) atoms. The fourth-order valence-corrected chi connectivity index (χ4v) is 4.61. The van der Waals surface area contributed by atoms with Gasteiger partial charge in [-0.2, -0.15) is 0 Å². The van der Waals surface area contributed by atoms with E-state index in [1.54, 1.807) is 6.92 Å². The van der Waals surface area contributed by atoms with Crippen molar-refractivity contribution in [3.63, 3.8) is 0 Å². The van der Waals surface area contributed by atoms with Gasteiger partial charge in [0.05, 0.1) is 0 Å². The highest BCUT2D eigenvalue weighted by Crippen LogP contribution is 2.66. The van der Waals surface area contributed by atoms with Gasteiger partial charge in [-0.15, -0.1) is 0 Å². The summed E-state index contributed by atoms with van der Waals surface area (Å²) in [6, 6.07) is -0.543. The van der Waals surface area contributed by atoms with Gasteiger partial charge in [0.25, 0.3) is 0 Å². The van der Waals surface area contributed by atoms with Crippen LogP contribution in [-0.4, -0.2) is 24.0 Å². The highest BCUT2D eigenvalue weighted by atomic mass is 16.5. The molecule has 0 radical (unpaired) electrons. The molecule has 3 aliphatic rings. The van der Waals surface area contributed by atoms with E-state index < -0.39 is 6.04 Å². The third-order valence-electron chi connectivity index (χ3n) is 7.16. The van der Waals surface area contributed by atoms with Gasteiger partial charge in [0, 0.05) is 11.3 Å². The number of carbonyl (C=O) groups excluding carboxylic acids is 2. The molecule has 3 fully saturated rings. The van der Waals surface area contributed by atoms with Crippen molar-refractivity contribution < 1.29 is 14.3 Å². The van der Waals surface area contributed by atoms with E-state index >= 15 is 0 Å². The maximum Gasteiger partial charge on any atom is 0.328 e. The second-order valence-electron chi connectivity index (χ2n) is 8.39. The van der Waals surface area contributed by atoms with E-state index in [-0.39, 0.29) is 34.7 Å². The molecule has 4 heteroatoms. The van der Waals surface area contributed by atoms with Crippen LogP contribution in [0.2, 0.25) is 0 Å². The Labute approximate surface area is 133 Å². The van der Waals surface area contributed by atoms with E-state index in [2.05, 4.69) is 26.1 Å². The van der Waals surface area contributed by atoms with Crippen molar-refractivity contribution in [2.75, 3.05) is 0 Å². The summed E-state index contributed by atoms with van der Waals surface area (Å²) in [6.45, 7) is 8.61. The zero-order chi connectivity index (χ0) is 16.1. The lowest BCUT2D eigenvalue weighted by Crippen LogP contribution is -2.46. The molecule has 1 N–H and O–H groups in total. The fraction of sp³-hybridized carbons (Fsp3) is 0.889. The highest BCUT2D eigenvalue weighted by molar-refractivity contribution is 5.85. The van der Waals surface area contributed by atoms with Gasteiger partial charge in [0.1, 0.15) is 12.1 Å². The van der Waals surface area contributed by atoms with Crippen molar-refractivity contribution in [3.05, 3.63) is 0 Å². The van der Waals surface area contributed by atoms with Crippen molar-refractivity contribution in [2.24, 2.45) is 22.7 Å². The zero-order valence-corrected chi connectivity index (χ0v) is 14.3. The molecule has 1 amide bonds. The number of esters is 1. The van der Waals surface area contributed by atoms with Crippen LogP contribution in [0.3, 0.4) is 0 Å². The quantitative estimate of drug-likeness (QED) is 0.812. The number of amides is 1. The van der Waals surface area contributed by atoms with Crippen LogP contribution >= 0.6 is 0 Å². The predicted molar refractivity (Wildman–Crippen MR) is 84.1 cm³/mol. The monoisotopic (exact) mass is 307 g/mol. The molecule has 4 unspecified atom stereocenters. The predicted octanol–water partition coefficient (Wildman–Crippen LogP) is 3.05. The molecule has 4 atom stereocenters. The fourth-order valence-electron chi connectivity index (χ4n) is 4.61. The number of ether oxygens (including phenoxy) is 1. The first-order valence-corrected chi connectivity index (χ1v) is 8.76. The molecule has 3 saturated carbocycles. The van der Waals surface area contributed by atoms with Gasteiger partial charge < -0.3 is 10.1 Å². The number of rotatable bonds is 4. The summed E-state index contributed by atoms with van der Waals surface area (Å²) in [7, 11) is 0. The first-order chi connectivity index (χ1) is 10.3. The highest BCUT2D eigenvalue weighted by Gasteiger charge is 2.62. The van der Waals surface area contributed by atoms with Crippen LogP contribution in [0.1, 0.15) is 66.2 Å². The van der Waals surface area contributed by atoms with Gasteiger partial charge in [-0.25, -0.2) is 4.79 Å². The Morgan fingerprint density at radius 1 is 1.18 bits per heavy atom. The summed E-state index contributed by atoms with van der Waals surface area (Å²) < 4.78 is 5.82. The minimum Gasteiger partial charge on any atom is -0.460 e. The van der Waals surface area contributed by atoms with E-state index in [0.29, 0.717) is 5.92 Å². The molecule has 0 aliphatic heterocycles. The Morgan fingerprint density at radius 3 is 2.32 bits per heavy atom. The zero-order valence-electron chi connectivity index (χ0n) is 14.3. The summed E-state index contributed by atoms with van der Waals surface area (Å²) in [4.78, 5) is 24.3. The average Bonchev–Trinajstić information content (AvgIpc) is 2.69. The molecule has 0 aromatic rings. The minimum absolute atomic E-state index is 0.00296. The van der Waals surface area contributed by atoms with Crippen molar-refractivity contribution in [2.45, 2.75) is 78.4 Å². The van der Waals surface area contributed by atoms with E-state index in [4.69, 9.17) is 4.74 Å². The van der Waals surface area contributed by atoms with Crippen LogP contribution in [-0.2, 0) is 14.3 Å². The van der Waals surface area contributed by atoms with Crippen molar-refractivity contribution in [3.8, 4) is 0 Å². The van der Waals surface area contributed by atoms with Gasteiger partial charge >= 0.3 is 5.97 Å². The molecule has 0 aromatic carbocycles. The largest absolute Gasteiger partial charge is 0.460 e. The molecular weight excluding hydrogens is 278 g/mol. The lowest BCUT2D eigenvalue weighted by Gasteiger charge is -2.38. The number of hydrogen-bond donors (Lipinski definition) is 1. The van der Waals surface area contributed by atoms with E-state index in [1.807, 2.05) is 0 Å². The topological polar surface area (TPSA) is 55.4 Å². The lowest BCUT2D eigenvalue weighted by atomic mass is 9.70. The third kappa shape index (κ3) is 2.26. The summed E-state index contributed by atoms with van der Waals surface area (Å²) in [5, 5.41) is 2.82. The average molecular weight is 307 g/mol. The molecule has 2 bridgehead atoms. The van der Waals surface area contributed by atoms with Gasteiger partial charge in [-0.3, -0.25) is 4.79 Å². The van der Waals surface area contributed by atoms with Gasteiger partial charge in [-0.1, -0.05) is 27.2 Å². The van der Waals surface area contributed by atoms with Crippen LogP contribution < -0.4 is 5.32 Å². The number of hydrogen-bond acceptors (Lipinski definition) is 3. The Balaban J connectivity index is 1.57. The number of carbonyl (C=O) groups is 2. The van der Waals surface area contributed by atoms with Crippen molar-refractivity contribution in [1.82, 2.24) is 5.32 Å². The first-order valence-electron chi connectivity index (χ1n) is 8.76. The molecule has 3 rings (SSSR count). The van der Waals surface area contributed by atoms with Gasteiger partial charge in [-0.05, 0) is 50.4 Å². The third-order valence-corrected chi connectivity index (χ3v) is 7.16. The molecule has 3 aliphatic carbocycles. The second-order valence-corrected chi connectivity index (χ2v) is 8.39. The Hall–Kier alpha value is -1.06. The lowest BCUT2D eigenvalue weighted by molar-refractivity contribution is -0.160. The Kier molecular flexibility index (Phi) is 3.77. The summed E-state index contributed by atoms with van der Waals surface area (Å²) in [5.41, 5.74) is 0.307. The maximum atomic E-state index is 12.4. The number of nitrogens with one attached hydrogen (secondary N) is 1. The molecular formula is C18H29NO3. The first kappa shape index (κ1) is 15.8. The summed E-state index contributed by atoms with van der Waals surface area (Å²) in [6.07, 6.45) is 6.36. The molecule has 0 saturated heterocycles. The molecule has 124 valence electrons. The van der Waals surface area contributed by atoms with Crippen molar-refractivity contribution in [1.29, 1.82) is 0 Å². The summed E-state index contributed by atoms with van der Waals surface area (Å²) in [5.74, 6) is 0.488. The van der Waals surface area contributed by atoms with Crippen LogP contribution in [0.25, 0.3) is 0 Å². The van der Waals surface area contributed by atoms with Gasteiger partial charge in [0.2, 0.25) is 5.91 Å². The van der Waals surface area contributed by atoms with Crippen LogP contribution in [0.4, 0.5) is 0 Å².